The standard InChI is InChI=1S/C20H18N2OS/c1-5-10-22-18-15(4)11-14(3)12-17(18)24-20(22)21-19(23)16-8-6-13(2)7-9-16/h1,6-9,11-12H,10H2,2-4H3. The Labute approximate surface area is 145 Å². The lowest BCUT2D eigenvalue weighted by Crippen LogP contribution is -2.17. The van der Waals surface area contributed by atoms with Gasteiger partial charge in [0.15, 0.2) is 4.80 Å². The van der Waals surface area contributed by atoms with Crippen LogP contribution in [-0.4, -0.2) is 10.5 Å². The van der Waals surface area contributed by atoms with Crippen LogP contribution in [0.2, 0.25) is 0 Å². The molecule has 2 aromatic carbocycles. The summed E-state index contributed by atoms with van der Waals surface area (Å²) in [7, 11) is 0. The molecule has 0 fully saturated rings. The predicted octanol–water partition coefficient (Wildman–Crippen LogP) is 4.00. The molecule has 24 heavy (non-hydrogen) atoms. The number of carbonyl (C=O) groups excluding carboxylic acids is 1. The predicted molar refractivity (Wildman–Crippen MR) is 99.2 cm³/mol. The zero-order chi connectivity index (χ0) is 17.3. The van der Waals surface area contributed by atoms with Crippen LogP contribution in [0, 0.1) is 33.1 Å². The first-order valence-electron chi connectivity index (χ1n) is 7.69. The van der Waals surface area contributed by atoms with E-state index in [1.165, 1.54) is 16.9 Å². The Balaban J connectivity index is 2.19. The second-order valence-corrected chi connectivity index (χ2v) is 6.90. The van der Waals surface area contributed by atoms with Crippen molar-refractivity contribution in [3.8, 4) is 12.3 Å². The molecule has 0 N–H and O–H groups in total. The van der Waals surface area contributed by atoms with E-state index in [0.717, 1.165) is 21.3 Å². The van der Waals surface area contributed by atoms with Crippen molar-refractivity contribution in [3.63, 3.8) is 0 Å². The zero-order valence-corrected chi connectivity index (χ0v) is 14.8. The molecule has 1 aromatic heterocycles. The van der Waals surface area contributed by atoms with Crippen LogP contribution < -0.4 is 4.80 Å². The fourth-order valence-electron chi connectivity index (χ4n) is 2.76. The van der Waals surface area contributed by atoms with Gasteiger partial charge in [-0.3, -0.25) is 4.79 Å². The summed E-state index contributed by atoms with van der Waals surface area (Å²) >= 11 is 1.50. The van der Waals surface area contributed by atoms with Crippen molar-refractivity contribution < 1.29 is 4.79 Å². The highest BCUT2D eigenvalue weighted by Gasteiger charge is 2.11. The van der Waals surface area contributed by atoms with Gasteiger partial charge in [0.1, 0.15) is 0 Å². The highest BCUT2D eigenvalue weighted by Crippen LogP contribution is 2.23. The lowest BCUT2D eigenvalue weighted by Gasteiger charge is -2.04. The van der Waals surface area contributed by atoms with Gasteiger partial charge in [0.2, 0.25) is 0 Å². The summed E-state index contributed by atoms with van der Waals surface area (Å²) < 4.78 is 3.04. The molecule has 0 aliphatic rings. The molecule has 1 heterocycles. The number of thiazole rings is 1. The number of carbonyl (C=O) groups is 1. The number of rotatable bonds is 2. The van der Waals surface area contributed by atoms with Gasteiger partial charge in [-0.15, -0.1) is 6.42 Å². The molecule has 0 unspecified atom stereocenters. The normalized spacial score (nSPS) is 11.7. The minimum Gasteiger partial charge on any atom is -0.304 e. The average molecular weight is 334 g/mol. The van der Waals surface area contributed by atoms with Crippen molar-refractivity contribution in [3.05, 3.63) is 63.5 Å². The monoisotopic (exact) mass is 334 g/mol. The Morgan fingerprint density at radius 1 is 1.17 bits per heavy atom. The maximum absolute atomic E-state index is 12.5. The molecule has 0 atom stereocenters. The Morgan fingerprint density at radius 2 is 1.88 bits per heavy atom. The van der Waals surface area contributed by atoms with Gasteiger partial charge in [0.25, 0.3) is 5.91 Å². The molecule has 0 spiro atoms. The van der Waals surface area contributed by atoms with E-state index in [9.17, 15) is 4.79 Å². The molecule has 3 nitrogen and oxygen atoms in total. The number of hydrogen-bond donors (Lipinski definition) is 0. The molecule has 120 valence electrons. The third-order valence-corrected chi connectivity index (χ3v) is 4.88. The Morgan fingerprint density at radius 3 is 2.54 bits per heavy atom. The summed E-state index contributed by atoms with van der Waals surface area (Å²) in [4.78, 5) is 17.5. The van der Waals surface area contributed by atoms with E-state index in [-0.39, 0.29) is 5.91 Å². The highest BCUT2D eigenvalue weighted by molar-refractivity contribution is 7.16. The number of hydrogen-bond acceptors (Lipinski definition) is 2. The van der Waals surface area contributed by atoms with Gasteiger partial charge < -0.3 is 4.57 Å². The van der Waals surface area contributed by atoms with Crippen molar-refractivity contribution in [1.29, 1.82) is 0 Å². The van der Waals surface area contributed by atoms with Gasteiger partial charge in [-0.05, 0) is 50.1 Å². The van der Waals surface area contributed by atoms with E-state index >= 15 is 0 Å². The summed E-state index contributed by atoms with van der Waals surface area (Å²) in [6.45, 7) is 6.50. The number of fused-ring (bicyclic) bond motifs is 1. The van der Waals surface area contributed by atoms with Crippen LogP contribution in [0.5, 0.6) is 0 Å². The lowest BCUT2D eigenvalue weighted by molar-refractivity contribution is 0.0998. The largest absolute Gasteiger partial charge is 0.304 e. The third-order valence-electron chi connectivity index (χ3n) is 3.86. The van der Waals surface area contributed by atoms with Crippen molar-refractivity contribution in [2.75, 3.05) is 0 Å². The summed E-state index contributed by atoms with van der Waals surface area (Å²) in [6, 6.07) is 11.7. The van der Waals surface area contributed by atoms with E-state index in [2.05, 4.69) is 36.9 Å². The minimum atomic E-state index is -0.248. The zero-order valence-electron chi connectivity index (χ0n) is 14.0. The minimum absolute atomic E-state index is 0.248. The van der Waals surface area contributed by atoms with Gasteiger partial charge in [-0.25, -0.2) is 0 Å². The van der Waals surface area contributed by atoms with E-state index in [1.807, 2.05) is 23.6 Å². The van der Waals surface area contributed by atoms with Crippen molar-refractivity contribution in [1.82, 2.24) is 4.57 Å². The lowest BCUT2D eigenvalue weighted by atomic mass is 10.1. The summed E-state index contributed by atoms with van der Waals surface area (Å²) in [5.74, 6) is 2.41. The maximum atomic E-state index is 12.5. The van der Waals surface area contributed by atoms with Crippen molar-refractivity contribution in [2.24, 2.45) is 4.99 Å². The number of terminal acetylenes is 1. The topological polar surface area (TPSA) is 34.4 Å². The number of aromatic nitrogens is 1. The quantitative estimate of drug-likeness (QED) is 0.652. The van der Waals surface area contributed by atoms with Crippen LogP contribution in [0.4, 0.5) is 0 Å². The molecular formula is C20H18N2OS. The van der Waals surface area contributed by atoms with Crippen molar-refractivity contribution >= 4 is 27.5 Å². The molecule has 0 saturated carbocycles. The Hall–Kier alpha value is -2.64. The van der Waals surface area contributed by atoms with Gasteiger partial charge in [0.05, 0.1) is 16.8 Å². The van der Waals surface area contributed by atoms with Gasteiger partial charge in [0, 0.05) is 5.56 Å². The second kappa shape index (κ2) is 6.46. The fourth-order valence-corrected chi connectivity index (χ4v) is 3.97. The summed E-state index contributed by atoms with van der Waals surface area (Å²) in [5.41, 5.74) is 5.07. The van der Waals surface area contributed by atoms with Crippen LogP contribution in [0.3, 0.4) is 0 Å². The molecule has 0 aliphatic carbocycles. The molecule has 4 heteroatoms. The summed E-state index contributed by atoms with van der Waals surface area (Å²) in [5, 5.41) is 0. The first kappa shape index (κ1) is 16.2. The smallest absolute Gasteiger partial charge is 0.279 e. The fraction of sp³-hybridized carbons (Fsp3) is 0.200. The van der Waals surface area contributed by atoms with Crippen LogP contribution in [0.15, 0.2) is 41.4 Å². The maximum Gasteiger partial charge on any atom is 0.279 e. The molecule has 1 amide bonds. The Kier molecular flexibility index (Phi) is 4.37. The number of aryl methyl sites for hydroxylation is 3. The van der Waals surface area contributed by atoms with Crippen LogP contribution in [-0.2, 0) is 6.54 Å². The van der Waals surface area contributed by atoms with E-state index in [4.69, 9.17) is 6.42 Å². The molecule has 0 saturated heterocycles. The number of nitrogens with zero attached hydrogens (tertiary/aromatic N) is 2. The van der Waals surface area contributed by atoms with Gasteiger partial charge in [-0.2, -0.15) is 4.99 Å². The molecular weight excluding hydrogens is 316 g/mol. The average Bonchev–Trinajstić information content (AvgIpc) is 2.85. The molecule has 0 aliphatic heterocycles. The summed E-state index contributed by atoms with van der Waals surface area (Å²) in [6.07, 6.45) is 5.53. The van der Waals surface area contributed by atoms with Crippen molar-refractivity contribution in [2.45, 2.75) is 27.3 Å². The van der Waals surface area contributed by atoms with Crippen LogP contribution in [0.25, 0.3) is 10.2 Å². The van der Waals surface area contributed by atoms with Gasteiger partial charge in [-0.1, -0.05) is 41.0 Å². The number of amides is 1. The first-order valence-corrected chi connectivity index (χ1v) is 8.51. The van der Waals surface area contributed by atoms with Gasteiger partial charge >= 0.3 is 0 Å². The Bertz CT molecular complexity index is 1030. The molecule has 3 rings (SSSR count). The second-order valence-electron chi connectivity index (χ2n) is 5.89. The third kappa shape index (κ3) is 3.04. The first-order chi connectivity index (χ1) is 11.5. The SMILES string of the molecule is C#CCn1c(=NC(=O)c2ccc(C)cc2)sc2cc(C)cc(C)c21. The van der Waals surface area contributed by atoms with Crippen LogP contribution >= 0.6 is 11.3 Å². The number of benzene rings is 2. The van der Waals surface area contributed by atoms with E-state index in [0.29, 0.717) is 16.9 Å². The molecule has 0 bridgehead atoms. The van der Waals surface area contributed by atoms with Crippen LogP contribution in [0.1, 0.15) is 27.0 Å². The van der Waals surface area contributed by atoms with E-state index < -0.39 is 0 Å². The highest BCUT2D eigenvalue weighted by atomic mass is 32.1. The molecule has 0 radical (unpaired) electrons. The molecule has 3 aromatic rings. The van der Waals surface area contributed by atoms with E-state index in [1.54, 1.807) is 12.1 Å².